The van der Waals surface area contributed by atoms with Crippen molar-refractivity contribution in [3.8, 4) is 0 Å². The molecule has 0 unspecified atom stereocenters. The second kappa shape index (κ2) is 11.7. The van der Waals surface area contributed by atoms with Gasteiger partial charge in [0.15, 0.2) is 18.2 Å². The van der Waals surface area contributed by atoms with Gasteiger partial charge in [-0.25, -0.2) is 4.79 Å². The fourth-order valence-electron chi connectivity index (χ4n) is 0.878. The maximum Gasteiger partial charge on any atom is 0.338 e. The minimum absolute atomic E-state index is 0.0312. The van der Waals surface area contributed by atoms with Crippen molar-refractivity contribution in [1.29, 1.82) is 0 Å². The zero-order valence-electron chi connectivity index (χ0n) is 10.5. The molecule has 0 radical (unpaired) electrons. The standard InChI is InChI=1S/C10H9ClO3.C3H4Cl2O/c11-6-9(12)7-14-10(13)8-4-2-1-3-5-8;4-1-3(6)2-5/h1-5H,6-7H2;1-2H2. The van der Waals surface area contributed by atoms with E-state index in [1.165, 1.54) is 0 Å². The van der Waals surface area contributed by atoms with E-state index >= 15 is 0 Å². The molecule has 1 aromatic carbocycles. The highest BCUT2D eigenvalue weighted by Crippen LogP contribution is 2.00. The lowest BCUT2D eigenvalue weighted by molar-refractivity contribution is -0.119. The SMILES string of the molecule is O=C(CCl)CCl.O=C(CCl)COC(=O)c1ccccc1. The van der Waals surface area contributed by atoms with Gasteiger partial charge in [-0.1, -0.05) is 18.2 Å². The van der Waals surface area contributed by atoms with Gasteiger partial charge in [-0.15, -0.1) is 34.8 Å². The van der Waals surface area contributed by atoms with E-state index in [1.807, 2.05) is 0 Å². The molecular formula is C13H13Cl3O4. The van der Waals surface area contributed by atoms with E-state index in [1.54, 1.807) is 30.3 Å². The molecule has 0 aromatic heterocycles. The number of carbonyl (C=O) groups excluding carboxylic acids is 3. The number of ether oxygens (including phenoxy) is 1. The number of hydrogen-bond donors (Lipinski definition) is 0. The predicted octanol–water partition coefficient (Wildman–Crippen LogP) is 2.68. The van der Waals surface area contributed by atoms with Gasteiger partial charge < -0.3 is 4.74 Å². The molecule has 0 aliphatic rings. The van der Waals surface area contributed by atoms with Crippen molar-refractivity contribution >= 4 is 52.3 Å². The second-order valence-corrected chi connectivity index (χ2v) is 4.22. The molecule has 0 fully saturated rings. The summed E-state index contributed by atoms with van der Waals surface area (Å²) in [4.78, 5) is 31.9. The van der Waals surface area contributed by atoms with Crippen LogP contribution in [0.1, 0.15) is 10.4 Å². The first-order chi connectivity index (χ1) is 9.54. The molecule has 0 saturated heterocycles. The Hall–Kier alpha value is -1.10. The quantitative estimate of drug-likeness (QED) is 0.590. The Morgan fingerprint density at radius 2 is 1.35 bits per heavy atom. The Balaban J connectivity index is 0.000000511. The van der Waals surface area contributed by atoms with Crippen LogP contribution in [-0.4, -0.2) is 41.8 Å². The maximum atomic E-state index is 11.2. The minimum Gasteiger partial charge on any atom is -0.454 e. The highest BCUT2D eigenvalue weighted by Gasteiger charge is 2.08. The van der Waals surface area contributed by atoms with Crippen LogP contribution in [0.4, 0.5) is 0 Å². The van der Waals surface area contributed by atoms with Crippen LogP contribution in [0, 0.1) is 0 Å². The summed E-state index contributed by atoms with van der Waals surface area (Å²) in [6.07, 6.45) is 0. The summed E-state index contributed by atoms with van der Waals surface area (Å²) in [6.45, 7) is -0.267. The Bertz CT molecular complexity index is 429. The number of esters is 1. The highest BCUT2D eigenvalue weighted by molar-refractivity contribution is 6.35. The van der Waals surface area contributed by atoms with Crippen LogP contribution in [0.2, 0.25) is 0 Å². The zero-order chi connectivity index (χ0) is 15.4. The summed E-state index contributed by atoms with van der Waals surface area (Å²) >= 11 is 15.3. The summed E-state index contributed by atoms with van der Waals surface area (Å²) in [5, 5.41) is 0. The summed E-state index contributed by atoms with van der Waals surface area (Å²) in [6, 6.07) is 8.47. The van der Waals surface area contributed by atoms with Crippen LogP contribution in [0.3, 0.4) is 0 Å². The average molecular weight is 340 g/mol. The van der Waals surface area contributed by atoms with Crippen LogP contribution in [0.15, 0.2) is 30.3 Å². The van der Waals surface area contributed by atoms with Crippen LogP contribution in [0.25, 0.3) is 0 Å². The van der Waals surface area contributed by atoms with Crippen molar-refractivity contribution < 1.29 is 19.1 Å². The Kier molecular flexibility index (Phi) is 11.1. The van der Waals surface area contributed by atoms with Crippen LogP contribution in [-0.2, 0) is 14.3 Å². The normalized spacial score (nSPS) is 9.15. The molecule has 0 spiro atoms. The fourth-order valence-corrected chi connectivity index (χ4v) is 1.24. The molecule has 0 N–H and O–H groups in total. The third-order valence-corrected chi connectivity index (χ3v) is 2.72. The molecule has 0 amide bonds. The van der Waals surface area contributed by atoms with Gasteiger partial charge >= 0.3 is 5.97 Å². The first-order valence-corrected chi connectivity index (χ1v) is 7.09. The van der Waals surface area contributed by atoms with Crippen LogP contribution >= 0.6 is 34.8 Å². The Morgan fingerprint density at radius 1 is 0.850 bits per heavy atom. The van der Waals surface area contributed by atoms with Crippen molar-refractivity contribution in [3.05, 3.63) is 35.9 Å². The Morgan fingerprint density at radius 3 is 1.75 bits per heavy atom. The number of halogens is 3. The molecule has 1 rings (SSSR count). The van der Waals surface area contributed by atoms with Gasteiger partial charge in [0.2, 0.25) is 0 Å². The predicted molar refractivity (Wildman–Crippen MR) is 78.9 cm³/mol. The van der Waals surface area contributed by atoms with Gasteiger partial charge in [-0.3, -0.25) is 9.59 Å². The molecule has 4 nitrogen and oxygen atoms in total. The third kappa shape index (κ3) is 8.91. The summed E-state index contributed by atoms with van der Waals surface area (Å²) < 4.78 is 4.71. The minimum atomic E-state index is -0.510. The molecule has 0 bridgehead atoms. The number of Topliss-reactive ketones (excluding diaryl/α,β-unsaturated/α-hetero) is 2. The third-order valence-electron chi connectivity index (χ3n) is 1.82. The first-order valence-electron chi connectivity index (χ1n) is 5.48. The molecule has 1 aromatic rings. The topological polar surface area (TPSA) is 60.4 Å². The molecule has 0 aliphatic heterocycles. The zero-order valence-corrected chi connectivity index (χ0v) is 12.7. The molecule has 110 valence electrons. The smallest absolute Gasteiger partial charge is 0.338 e. The van der Waals surface area contributed by atoms with E-state index in [0.717, 1.165) is 0 Å². The molecular weight excluding hydrogens is 326 g/mol. The van der Waals surface area contributed by atoms with Crippen LogP contribution in [0.5, 0.6) is 0 Å². The van der Waals surface area contributed by atoms with Gasteiger partial charge in [0.1, 0.15) is 0 Å². The monoisotopic (exact) mass is 338 g/mol. The number of carbonyl (C=O) groups is 3. The highest BCUT2D eigenvalue weighted by atomic mass is 35.5. The number of ketones is 2. The van der Waals surface area contributed by atoms with Crippen molar-refractivity contribution in [2.24, 2.45) is 0 Å². The number of benzene rings is 1. The van der Waals surface area contributed by atoms with Gasteiger partial charge in [0.05, 0.1) is 23.2 Å². The number of hydrogen-bond acceptors (Lipinski definition) is 4. The molecule has 0 heterocycles. The van der Waals surface area contributed by atoms with Crippen LogP contribution < -0.4 is 0 Å². The van der Waals surface area contributed by atoms with E-state index in [9.17, 15) is 14.4 Å². The average Bonchev–Trinajstić information content (AvgIpc) is 2.52. The van der Waals surface area contributed by atoms with Crippen molar-refractivity contribution in [1.82, 2.24) is 0 Å². The molecule has 20 heavy (non-hydrogen) atoms. The lowest BCUT2D eigenvalue weighted by Gasteiger charge is -2.01. The summed E-state index contributed by atoms with van der Waals surface area (Å²) in [5.41, 5.74) is 0.426. The van der Waals surface area contributed by atoms with Gasteiger partial charge in [0, 0.05) is 0 Å². The van der Waals surface area contributed by atoms with E-state index in [2.05, 4.69) is 0 Å². The van der Waals surface area contributed by atoms with Gasteiger partial charge in [0.25, 0.3) is 0 Å². The van der Waals surface area contributed by atoms with E-state index < -0.39 is 5.97 Å². The summed E-state index contributed by atoms with van der Waals surface area (Å²) in [5.74, 6) is -1.02. The van der Waals surface area contributed by atoms with Crippen molar-refractivity contribution in [2.75, 3.05) is 24.2 Å². The lowest BCUT2D eigenvalue weighted by atomic mass is 10.2. The number of alkyl halides is 3. The number of rotatable bonds is 6. The Labute approximate surface area is 131 Å². The lowest BCUT2D eigenvalue weighted by Crippen LogP contribution is -2.14. The van der Waals surface area contributed by atoms with Gasteiger partial charge in [-0.2, -0.15) is 0 Å². The largest absolute Gasteiger partial charge is 0.454 e. The maximum absolute atomic E-state index is 11.2. The summed E-state index contributed by atoms with van der Waals surface area (Å²) in [7, 11) is 0. The molecule has 0 atom stereocenters. The van der Waals surface area contributed by atoms with E-state index in [0.29, 0.717) is 5.56 Å². The van der Waals surface area contributed by atoms with Crippen molar-refractivity contribution in [2.45, 2.75) is 0 Å². The molecule has 7 heteroatoms. The van der Waals surface area contributed by atoms with E-state index in [-0.39, 0.29) is 35.8 Å². The van der Waals surface area contributed by atoms with E-state index in [4.69, 9.17) is 39.5 Å². The molecule has 0 saturated carbocycles. The first kappa shape index (κ1) is 18.9. The second-order valence-electron chi connectivity index (χ2n) is 3.42. The molecule has 0 aliphatic carbocycles. The fraction of sp³-hybridized carbons (Fsp3) is 0.308. The van der Waals surface area contributed by atoms with Crippen molar-refractivity contribution in [3.63, 3.8) is 0 Å². The van der Waals surface area contributed by atoms with Gasteiger partial charge in [-0.05, 0) is 12.1 Å².